The van der Waals surface area contributed by atoms with Gasteiger partial charge in [0.15, 0.2) is 11.5 Å². The average molecular weight is 367 g/mol. The van der Waals surface area contributed by atoms with Gasteiger partial charge in [0.05, 0.1) is 0 Å². The fraction of sp³-hybridized carbons (Fsp3) is 0.381. The molecule has 2 aliphatic rings. The maximum Gasteiger partial charge on any atom is 0.244 e. The monoisotopic (exact) mass is 367 g/mol. The molecule has 0 spiro atoms. The van der Waals surface area contributed by atoms with Gasteiger partial charge in [-0.25, -0.2) is 0 Å². The van der Waals surface area contributed by atoms with Crippen LogP contribution in [0.4, 0.5) is 5.69 Å². The minimum absolute atomic E-state index is 0.132. The number of ether oxygens (including phenoxy) is 2. The van der Waals surface area contributed by atoms with Crippen LogP contribution in [0, 0.1) is 0 Å². The molecule has 0 bridgehead atoms. The van der Waals surface area contributed by atoms with E-state index in [1.54, 1.807) is 0 Å². The topological polar surface area (TPSA) is 54.0 Å². The molecule has 2 aliphatic heterocycles. The summed E-state index contributed by atoms with van der Waals surface area (Å²) in [7, 11) is 0. The van der Waals surface area contributed by atoms with Crippen LogP contribution in [0.25, 0.3) is 0 Å². The zero-order valence-electron chi connectivity index (χ0n) is 15.6. The van der Waals surface area contributed by atoms with Gasteiger partial charge in [-0.2, -0.15) is 0 Å². The van der Waals surface area contributed by atoms with Crippen LogP contribution in [-0.4, -0.2) is 54.7 Å². The Kier molecular flexibility index (Phi) is 5.16. The zero-order valence-corrected chi connectivity index (χ0v) is 15.6. The van der Waals surface area contributed by atoms with Crippen molar-refractivity contribution in [2.24, 2.45) is 0 Å². The molecule has 27 heavy (non-hydrogen) atoms. The van der Waals surface area contributed by atoms with Gasteiger partial charge in [-0.1, -0.05) is 30.3 Å². The summed E-state index contributed by atoms with van der Waals surface area (Å²) in [5.74, 6) is 1.59. The molecule has 6 heteroatoms. The lowest BCUT2D eigenvalue weighted by Crippen LogP contribution is -2.51. The highest BCUT2D eigenvalue weighted by Crippen LogP contribution is 2.34. The Morgan fingerprint density at radius 2 is 1.78 bits per heavy atom. The summed E-state index contributed by atoms with van der Waals surface area (Å²) in [6, 6.07) is 15.8. The lowest BCUT2D eigenvalue weighted by atomic mass is 10.2. The van der Waals surface area contributed by atoms with Crippen molar-refractivity contribution < 1.29 is 14.3 Å². The Balaban J connectivity index is 1.28. The number of anilines is 1. The Morgan fingerprint density at radius 3 is 2.56 bits per heavy atom. The Morgan fingerprint density at radius 1 is 1.04 bits per heavy atom. The zero-order chi connectivity index (χ0) is 18.6. The van der Waals surface area contributed by atoms with Crippen LogP contribution in [0.3, 0.4) is 0 Å². The number of amides is 1. The lowest BCUT2D eigenvalue weighted by molar-refractivity contribution is -0.133. The van der Waals surface area contributed by atoms with E-state index in [0.717, 1.165) is 44.2 Å². The van der Waals surface area contributed by atoms with E-state index < -0.39 is 0 Å². The third kappa shape index (κ3) is 4.17. The molecule has 0 radical (unpaired) electrons. The number of hydrogen-bond acceptors (Lipinski definition) is 5. The lowest BCUT2D eigenvalue weighted by Gasteiger charge is -2.36. The minimum Gasteiger partial charge on any atom is -0.454 e. The van der Waals surface area contributed by atoms with Crippen molar-refractivity contribution in [3.05, 3.63) is 54.1 Å². The van der Waals surface area contributed by atoms with E-state index in [0.29, 0.717) is 5.75 Å². The second kappa shape index (κ2) is 7.88. The van der Waals surface area contributed by atoms with Crippen LogP contribution in [0.2, 0.25) is 0 Å². The van der Waals surface area contributed by atoms with Crippen molar-refractivity contribution in [2.45, 2.75) is 19.5 Å². The van der Waals surface area contributed by atoms with Gasteiger partial charge in [0.25, 0.3) is 0 Å². The van der Waals surface area contributed by atoms with E-state index >= 15 is 0 Å². The highest BCUT2D eigenvalue weighted by atomic mass is 16.7. The molecule has 1 fully saturated rings. The SMILES string of the molecule is C[C@@H](Nc1ccc2c(c1)OCO2)C(=O)N1CCN(Cc2ccccc2)CC1. The first-order valence-corrected chi connectivity index (χ1v) is 9.40. The van der Waals surface area contributed by atoms with Crippen LogP contribution >= 0.6 is 0 Å². The normalized spacial score (nSPS) is 17.6. The third-order valence-corrected chi connectivity index (χ3v) is 5.06. The molecule has 6 nitrogen and oxygen atoms in total. The van der Waals surface area contributed by atoms with E-state index in [4.69, 9.17) is 9.47 Å². The van der Waals surface area contributed by atoms with Crippen LogP contribution in [0.1, 0.15) is 12.5 Å². The number of nitrogens with zero attached hydrogens (tertiary/aromatic N) is 2. The summed E-state index contributed by atoms with van der Waals surface area (Å²) in [5, 5.41) is 3.28. The van der Waals surface area contributed by atoms with Gasteiger partial charge in [0.1, 0.15) is 6.04 Å². The molecule has 142 valence electrons. The smallest absolute Gasteiger partial charge is 0.244 e. The standard InChI is InChI=1S/C21H25N3O3/c1-16(22-18-7-8-19-20(13-18)27-15-26-19)21(25)24-11-9-23(10-12-24)14-17-5-3-2-4-6-17/h2-8,13,16,22H,9-12,14-15H2,1H3/t16-/m1/s1. The number of rotatable bonds is 5. The van der Waals surface area contributed by atoms with Gasteiger partial charge in [0.2, 0.25) is 12.7 Å². The average Bonchev–Trinajstić information content (AvgIpc) is 3.16. The van der Waals surface area contributed by atoms with Crippen molar-refractivity contribution >= 4 is 11.6 Å². The van der Waals surface area contributed by atoms with E-state index in [-0.39, 0.29) is 18.7 Å². The number of hydrogen-bond donors (Lipinski definition) is 1. The number of nitrogens with one attached hydrogen (secondary N) is 1. The molecule has 1 amide bonds. The molecule has 0 aromatic heterocycles. The van der Waals surface area contributed by atoms with E-state index in [9.17, 15) is 4.79 Å². The minimum atomic E-state index is -0.286. The highest BCUT2D eigenvalue weighted by molar-refractivity contribution is 5.84. The molecule has 1 atom stereocenters. The van der Waals surface area contributed by atoms with E-state index in [1.807, 2.05) is 36.1 Å². The van der Waals surface area contributed by atoms with Crippen molar-refractivity contribution in [1.82, 2.24) is 9.80 Å². The quantitative estimate of drug-likeness (QED) is 0.880. The van der Waals surface area contributed by atoms with Gasteiger partial charge in [-0.15, -0.1) is 0 Å². The molecular weight excluding hydrogens is 342 g/mol. The van der Waals surface area contributed by atoms with Gasteiger partial charge in [-0.3, -0.25) is 9.69 Å². The molecular formula is C21H25N3O3. The summed E-state index contributed by atoms with van der Waals surface area (Å²) < 4.78 is 10.7. The van der Waals surface area contributed by atoms with Crippen LogP contribution < -0.4 is 14.8 Å². The van der Waals surface area contributed by atoms with Gasteiger partial charge < -0.3 is 19.7 Å². The fourth-order valence-electron chi connectivity index (χ4n) is 3.54. The predicted octanol–water partition coefficient (Wildman–Crippen LogP) is 2.56. The molecule has 4 rings (SSSR count). The molecule has 2 aromatic carbocycles. The second-order valence-electron chi connectivity index (χ2n) is 7.02. The molecule has 1 saturated heterocycles. The maximum atomic E-state index is 12.8. The van der Waals surface area contributed by atoms with Gasteiger partial charge in [-0.05, 0) is 24.6 Å². The second-order valence-corrected chi connectivity index (χ2v) is 7.02. The maximum absolute atomic E-state index is 12.8. The summed E-state index contributed by atoms with van der Waals surface area (Å²) in [5.41, 5.74) is 2.18. The number of carbonyl (C=O) groups is 1. The molecule has 2 aromatic rings. The first-order valence-electron chi connectivity index (χ1n) is 9.40. The highest BCUT2D eigenvalue weighted by Gasteiger charge is 2.25. The Hall–Kier alpha value is -2.73. The fourth-order valence-corrected chi connectivity index (χ4v) is 3.54. The molecule has 0 unspecified atom stereocenters. The number of piperazine rings is 1. The third-order valence-electron chi connectivity index (χ3n) is 5.06. The first-order chi connectivity index (χ1) is 13.2. The first kappa shape index (κ1) is 17.7. The molecule has 1 N–H and O–H groups in total. The van der Waals surface area contributed by atoms with E-state index in [2.05, 4.69) is 34.5 Å². The summed E-state index contributed by atoms with van der Waals surface area (Å²) in [6.07, 6.45) is 0. The Bertz CT molecular complexity index is 789. The van der Waals surface area contributed by atoms with Crippen molar-refractivity contribution in [3.8, 4) is 11.5 Å². The van der Waals surface area contributed by atoms with Gasteiger partial charge >= 0.3 is 0 Å². The van der Waals surface area contributed by atoms with Crippen LogP contribution in [0.5, 0.6) is 11.5 Å². The van der Waals surface area contributed by atoms with Crippen molar-refractivity contribution in [1.29, 1.82) is 0 Å². The van der Waals surface area contributed by atoms with Crippen molar-refractivity contribution in [2.75, 3.05) is 38.3 Å². The summed E-state index contributed by atoms with van der Waals surface area (Å²) in [6.45, 7) is 6.42. The summed E-state index contributed by atoms with van der Waals surface area (Å²) >= 11 is 0. The molecule has 0 saturated carbocycles. The van der Waals surface area contributed by atoms with E-state index in [1.165, 1.54) is 5.56 Å². The Labute approximate surface area is 159 Å². The number of carbonyl (C=O) groups excluding carboxylic acids is 1. The number of fused-ring (bicyclic) bond motifs is 1. The van der Waals surface area contributed by atoms with Crippen LogP contribution in [-0.2, 0) is 11.3 Å². The summed E-state index contributed by atoms with van der Waals surface area (Å²) in [4.78, 5) is 17.1. The largest absolute Gasteiger partial charge is 0.454 e. The van der Waals surface area contributed by atoms with Crippen molar-refractivity contribution in [3.63, 3.8) is 0 Å². The molecule has 2 heterocycles. The predicted molar refractivity (Wildman–Crippen MR) is 104 cm³/mol. The molecule has 0 aliphatic carbocycles. The number of benzene rings is 2. The van der Waals surface area contributed by atoms with Gasteiger partial charge in [0, 0.05) is 44.5 Å². The van der Waals surface area contributed by atoms with Crippen LogP contribution in [0.15, 0.2) is 48.5 Å².